The summed E-state index contributed by atoms with van der Waals surface area (Å²) in [7, 11) is 0. The van der Waals surface area contributed by atoms with Crippen molar-refractivity contribution in [3.05, 3.63) is 46.2 Å². The Hall–Kier alpha value is -2.58. The zero-order valence-corrected chi connectivity index (χ0v) is 18.1. The smallest absolute Gasteiger partial charge is 0.264 e. The number of anilines is 1. The number of amides is 1. The monoisotopic (exact) mass is 423 g/mol. The number of pyridine rings is 1. The Morgan fingerprint density at radius 3 is 2.70 bits per heavy atom. The van der Waals surface area contributed by atoms with E-state index in [1.807, 2.05) is 30.9 Å². The van der Waals surface area contributed by atoms with E-state index in [0.29, 0.717) is 26.3 Å². The second kappa shape index (κ2) is 7.92. The van der Waals surface area contributed by atoms with Gasteiger partial charge in [-0.15, -0.1) is 11.3 Å². The first-order valence-corrected chi connectivity index (χ1v) is 11.2. The van der Waals surface area contributed by atoms with E-state index in [9.17, 15) is 4.79 Å². The quantitative estimate of drug-likeness (QED) is 0.644. The fraction of sp³-hybridized carbons (Fsp3) is 0.455. The number of thiophene rings is 1. The Morgan fingerprint density at radius 1 is 1.17 bits per heavy atom. The normalized spacial score (nSPS) is 19.6. The second-order valence-corrected chi connectivity index (χ2v) is 8.99. The van der Waals surface area contributed by atoms with Crippen molar-refractivity contribution in [3.8, 4) is 0 Å². The average Bonchev–Trinajstić information content (AvgIpc) is 3.38. The van der Waals surface area contributed by atoms with E-state index < -0.39 is 0 Å². The molecular formula is C22H25N5O2S. The second-order valence-electron chi connectivity index (χ2n) is 7.99. The molecule has 2 aliphatic heterocycles. The zero-order valence-electron chi connectivity index (χ0n) is 17.3. The average molecular weight is 424 g/mol. The van der Waals surface area contributed by atoms with Crippen LogP contribution in [0.1, 0.15) is 39.0 Å². The predicted octanol–water partition coefficient (Wildman–Crippen LogP) is 3.17. The molecule has 1 amide bonds. The lowest BCUT2D eigenvalue weighted by atomic mass is 9.95. The van der Waals surface area contributed by atoms with E-state index in [2.05, 4.69) is 25.9 Å². The number of carbonyl (C=O) groups excluding carboxylic acids is 1. The minimum absolute atomic E-state index is 0.109. The first-order valence-electron chi connectivity index (χ1n) is 10.4. The standard InChI is InChI=1S/C22H25N5O2S/c1-14-12-15(2)25-22(24-14)27-7-5-16(13-27)18-17-4-3-6-23-20(17)30-19(18)21(28)26-8-10-29-11-9-26/h3-4,6,12,16H,5,7-11,13H2,1-2H3. The first-order chi connectivity index (χ1) is 14.6. The van der Waals surface area contributed by atoms with E-state index in [1.165, 1.54) is 11.3 Å². The van der Waals surface area contributed by atoms with Gasteiger partial charge in [0.25, 0.3) is 5.91 Å². The van der Waals surface area contributed by atoms with Crippen molar-refractivity contribution in [1.29, 1.82) is 0 Å². The number of fused-ring (bicyclic) bond motifs is 1. The van der Waals surface area contributed by atoms with Gasteiger partial charge in [-0.2, -0.15) is 0 Å². The number of morpholine rings is 1. The van der Waals surface area contributed by atoms with E-state index in [4.69, 9.17) is 4.74 Å². The molecule has 2 saturated heterocycles. The summed E-state index contributed by atoms with van der Waals surface area (Å²) >= 11 is 1.52. The number of aryl methyl sites for hydroxylation is 2. The van der Waals surface area contributed by atoms with Crippen molar-refractivity contribution >= 4 is 33.4 Å². The lowest BCUT2D eigenvalue weighted by molar-refractivity contribution is 0.0305. The molecule has 8 heteroatoms. The van der Waals surface area contributed by atoms with Gasteiger partial charge in [0.15, 0.2) is 0 Å². The predicted molar refractivity (Wildman–Crippen MR) is 117 cm³/mol. The van der Waals surface area contributed by atoms with Crippen LogP contribution < -0.4 is 4.90 Å². The number of aromatic nitrogens is 3. The third-order valence-electron chi connectivity index (χ3n) is 5.85. The van der Waals surface area contributed by atoms with Gasteiger partial charge in [0.2, 0.25) is 5.95 Å². The molecule has 2 fully saturated rings. The fourth-order valence-electron chi connectivity index (χ4n) is 4.45. The van der Waals surface area contributed by atoms with Gasteiger partial charge in [-0.1, -0.05) is 6.07 Å². The van der Waals surface area contributed by atoms with Crippen LogP contribution in [0.5, 0.6) is 0 Å². The van der Waals surface area contributed by atoms with Gasteiger partial charge in [0.05, 0.1) is 18.1 Å². The molecule has 0 radical (unpaired) electrons. The minimum atomic E-state index is 0.109. The lowest BCUT2D eigenvalue weighted by Crippen LogP contribution is -2.40. The zero-order chi connectivity index (χ0) is 20.7. The van der Waals surface area contributed by atoms with Gasteiger partial charge < -0.3 is 14.5 Å². The molecule has 3 aromatic rings. The molecule has 5 heterocycles. The van der Waals surface area contributed by atoms with Crippen LogP contribution in [0.25, 0.3) is 10.2 Å². The van der Waals surface area contributed by atoms with Gasteiger partial charge >= 0.3 is 0 Å². The SMILES string of the molecule is Cc1cc(C)nc(N2CCC(c3c(C(=O)N4CCOCC4)sc4ncccc34)C2)n1. The first kappa shape index (κ1) is 19.4. The molecular weight excluding hydrogens is 398 g/mol. The fourth-order valence-corrected chi connectivity index (χ4v) is 5.65. The molecule has 1 unspecified atom stereocenters. The van der Waals surface area contributed by atoms with Crippen molar-refractivity contribution in [3.63, 3.8) is 0 Å². The van der Waals surface area contributed by atoms with E-state index >= 15 is 0 Å². The topological polar surface area (TPSA) is 71.5 Å². The van der Waals surface area contributed by atoms with E-state index in [0.717, 1.165) is 57.5 Å². The minimum Gasteiger partial charge on any atom is -0.378 e. The third kappa shape index (κ3) is 3.54. The maximum absolute atomic E-state index is 13.4. The summed E-state index contributed by atoms with van der Waals surface area (Å²) in [5.41, 5.74) is 3.11. The summed E-state index contributed by atoms with van der Waals surface area (Å²) in [6, 6.07) is 6.05. The molecule has 5 rings (SSSR count). The van der Waals surface area contributed by atoms with E-state index in [1.54, 1.807) is 6.20 Å². The highest BCUT2D eigenvalue weighted by atomic mass is 32.1. The molecule has 30 heavy (non-hydrogen) atoms. The van der Waals surface area contributed by atoms with Gasteiger partial charge in [0.1, 0.15) is 4.83 Å². The molecule has 2 aliphatic rings. The van der Waals surface area contributed by atoms with Gasteiger partial charge in [-0.3, -0.25) is 4.79 Å². The highest BCUT2D eigenvalue weighted by Crippen LogP contribution is 2.40. The van der Waals surface area contributed by atoms with Crippen molar-refractivity contribution in [1.82, 2.24) is 19.9 Å². The van der Waals surface area contributed by atoms with Crippen LogP contribution in [-0.2, 0) is 4.74 Å². The molecule has 1 atom stereocenters. The Morgan fingerprint density at radius 2 is 1.93 bits per heavy atom. The van der Waals surface area contributed by atoms with Gasteiger partial charge in [0, 0.05) is 55.1 Å². The largest absolute Gasteiger partial charge is 0.378 e. The Kier molecular flexibility index (Phi) is 5.12. The molecule has 0 aromatic carbocycles. The van der Waals surface area contributed by atoms with Crippen molar-refractivity contribution in [2.75, 3.05) is 44.3 Å². The van der Waals surface area contributed by atoms with Crippen LogP contribution in [0.4, 0.5) is 5.95 Å². The Labute approximate surface area is 179 Å². The van der Waals surface area contributed by atoms with Crippen LogP contribution in [0.2, 0.25) is 0 Å². The molecule has 0 saturated carbocycles. The highest BCUT2D eigenvalue weighted by Gasteiger charge is 2.33. The number of nitrogens with zero attached hydrogens (tertiary/aromatic N) is 5. The van der Waals surface area contributed by atoms with Crippen molar-refractivity contribution < 1.29 is 9.53 Å². The number of hydrogen-bond donors (Lipinski definition) is 0. The number of rotatable bonds is 3. The maximum atomic E-state index is 13.4. The molecule has 0 N–H and O–H groups in total. The Bertz CT molecular complexity index is 1070. The summed E-state index contributed by atoms with van der Waals surface area (Å²) in [6.45, 7) is 8.20. The van der Waals surface area contributed by atoms with Crippen LogP contribution in [0, 0.1) is 13.8 Å². The van der Waals surface area contributed by atoms with E-state index in [-0.39, 0.29) is 11.8 Å². The molecule has 3 aromatic heterocycles. The molecule has 0 bridgehead atoms. The summed E-state index contributed by atoms with van der Waals surface area (Å²) in [6.07, 6.45) is 2.77. The van der Waals surface area contributed by atoms with Crippen LogP contribution in [0.15, 0.2) is 24.4 Å². The van der Waals surface area contributed by atoms with Gasteiger partial charge in [-0.05, 0) is 38.0 Å². The molecule has 0 aliphatic carbocycles. The summed E-state index contributed by atoms with van der Waals surface area (Å²) in [5.74, 6) is 1.15. The number of ether oxygens (including phenoxy) is 1. The maximum Gasteiger partial charge on any atom is 0.264 e. The van der Waals surface area contributed by atoms with Gasteiger partial charge in [-0.25, -0.2) is 15.0 Å². The summed E-state index contributed by atoms with van der Waals surface area (Å²) in [5, 5.41) is 1.10. The van der Waals surface area contributed by atoms with Crippen LogP contribution >= 0.6 is 11.3 Å². The van der Waals surface area contributed by atoms with Crippen molar-refractivity contribution in [2.45, 2.75) is 26.2 Å². The highest BCUT2D eigenvalue weighted by molar-refractivity contribution is 7.20. The van der Waals surface area contributed by atoms with Crippen LogP contribution in [0.3, 0.4) is 0 Å². The molecule has 7 nitrogen and oxygen atoms in total. The Balaban J connectivity index is 1.49. The lowest BCUT2D eigenvalue weighted by Gasteiger charge is -2.27. The number of hydrogen-bond acceptors (Lipinski definition) is 7. The third-order valence-corrected chi connectivity index (χ3v) is 6.96. The summed E-state index contributed by atoms with van der Waals surface area (Å²) < 4.78 is 5.43. The molecule has 0 spiro atoms. The van der Waals surface area contributed by atoms with Crippen molar-refractivity contribution in [2.24, 2.45) is 0 Å². The van der Waals surface area contributed by atoms with Crippen LogP contribution in [-0.4, -0.2) is 65.2 Å². The molecule has 156 valence electrons. The summed E-state index contributed by atoms with van der Waals surface area (Å²) in [4.78, 5) is 33.2. The number of carbonyl (C=O) groups is 1.